The van der Waals surface area contributed by atoms with E-state index in [0.717, 1.165) is 44.0 Å². The number of fused-ring (bicyclic) bond motifs is 1. The Morgan fingerprint density at radius 3 is 2.65 bits per heavy atom. The van der Waals surface area contributed by atoms with E-state index in [0.29, 0.717) is 18.6 Å². The number of nitrogens with one attached hydrogen (secondary N) is 1. The van der Waals surface area contributed by atoms with Gasteiger partial charge in [0, 0.05) is 5.57 Å². The molecule has 1 N–H and O–H groups in total. The third-order valence-corrected chi connectivity index (χ3v) is 4.12. The molecular weight excluding hydrogens is 290 g/mol. The van der Waals surface area contributed by atoms with Gasteiger partial charge in [0.15, 0.2) is 0 Å². The normalized spacial score (nSPS) is 23.1. The zero-order valence-corrected chi connectivity index (χ0v) is 13.7. The van der Waals surface area contributed by atoms with Crippen LogP contribution in [0.25, 0.3) is 0 Å². The van der Waals surface area contributed by atoms with Crippen LogP contribution in [0.3, 0.4) is 0 Å². The van der Waals surface area contributed by atoms with Gasteiger partial charge in [0.25, 0.3) is 5.91 Å². The van der Waals surface area contributed by atoms with Crippen molar-refractivity contribution >= 4 is 12.2 Å². The molecule has 0 aliphatic carbocycles. The molecule has 0 bridgehead atoms. The van der Waals surface area contributed by atoms with E-state index in [1.54, 1.807) is 6.92 Å². The van der Waals surface area contributed by atoms with Crippen LogP contribution in [-0.2, 0) is 27.2 Å². The SMILES string of the molecule is C/C1=C/OCCCCCCc2ccccc2C[C@@H](C=O)NC1=O. The van der Waals surface area contributed by atoms with Crippen molar-refractivity contribution in [2.75, 3.05) is 6.61 Å². The van der Waals surface area contributed by atoms with Crippen LogP contribution < -0.4 is 5.32 Å². The monoisotopic (exact) mass is 315 g/mol. The summed E-state index contributed by atoms with van der Waals surface area (Å²) in [6.07, 6.45) is 8.24. The number of aldehydes is 1. The molecule has 0 radical (unpaired) electrons. The van der Waals surface area contributed by atoms with Gasteiger partial charge >= 0.3 is 0 Å². The number of hydrogen-bond donors (Lipinski definition) is 1. The van der Waals surface area contributed by atoms with Gasteiger partial charge in [-0.25, -0.2) is 0 Å². The second-order valence-electron chi connectivity index (χ2n) is 6.02. The standard InChI is InChI=1S/C19H25NO3/c1-15-14-23-11-7-3-2-4-8-16-9-5-6-10-17(16)12-18(13-21)20-19(15)22/h5-6,9-10,13-14,18H,2-4,7-8,11-12H2,1H3,(H,20,22)/b15-14-/t18-/m0/s1. The van der Waals surface area contributed by atoms with Gasteiger partial charge in [0.1, 0.15) is 6.29 Å². The van der Waals surface area contributed by atoms with Crippen molar-refractivity contribution in [3.63, 3.8) is 0 Å². The Balaban J connectivity index is 2.17. The lowest BCUT2D eigenvalue weighted by Crippen LogP contribution is -2.38. The molecule has 1 atom stereocenters. The molecule has 4 nitrogen and oxygen atoms in total. The van der Waals surface area contributed by atoms with Gasteiger partial charge < -0.3 is 14.8 Å². The van der Waals surface area contributed by atoms with E-state index in [1.807, 2.05) is 18.2 Å². The van der Waals surface area contributed by atoms with Crippen molar-refractivity contribution in [1.29, 1.82) is 0 Å². The number of amides is 1. The lowest BCUT2D eigenvalue weighted by molar-refractivity contribution is -0.121. The molecule has 1 aliphatic heterocycles. The highest BCUT2D eigenvalue weighted by Crippen LogP contribution is 2.15. The van der Waals surface area contributed by atoms with Crippen molar-refractivity contribution < 1.29 is 14.3 Å². The fraction of sp³-hybridized carbons (Fsp3) is 0.474. The van der Waals surface area contributed by atoms with Crippen LogP contribution >= 0.6 is 0 Å². The minimum Gasteiger partial charge on any atom is -0.501 e. The smallest absolute Gasteiger partial charge is 0.250 e. The molecule has 1 aromatic rings. The molecule has 0 aromatic heterocycles. The summed E-state index contributed by atoms with van der Waals surface area (Å²) in [5.74, 6) is -0.255. The average molecular weight is 315 g/mol. The van der Waals surface area contributed by atoms with Crippen molar-refractivity contribution in [3.8, 4) is 0 Å². The number of carbonyl (C=O) groups is 2. The van der Waals surface area contributed by atoms with Crippen LogP contribution in [0.5, 0.6) is 0 Å². The molecule has 124 valence electrons. The minimum atomic E-state index is -0.517. The summed E-state index contributed by atoms with van der Waals surface area (Å²) in [6.45, 7) is 2.32. The van der Waals surface area contributed by atoms with E-state index in [-0.39, 0.29) is 5.91 Å². The number of ether oxygens (including phenoxy) is 1. The van der Waals surface area contributed by atoms with Crippen LogP contribution in [0, 0.1) is 0 Å². The zero-order valence-electron chi connectivity index (χ0n) is 13.7. The van der Waals surface area contributed by atoms with E-state index >= 15 is 0 Å². The minimum absolute atomic E-state index is 0.255. The fourth-order valence-corrected chi connectivity index (χ4v) is 2.74. The maximum Gasteiger partial charge on any atom is 0.250 e. The molecule has 0 saturated heterocycles. The van der Waals surface area contributed by atoms with Crippen LogP contribution in [0.4, 0.5) is 0 Å². The number of carbonyl (C=O) groups excluding carboxylic acids is 2. The molecule has 1 heterocycles. The topological polar surface area (TPSA) is 55.4 Å². The van der Waals surface area contributed by atoms with Gasteiger partial charge in [-0.1, -0.05) is 37.1 Å². The highest BCUT2D eigenvalue weighted by Gasteiger charge is 2.15. The van der Waals surface area contributed by atoms with Gasteiger partial charge in [-0.05, 0) is 43.7 Å². The van der Waals surface area contributed by atoms with Crippen LogP contribution in [0.15, 0.2) is 36.1 Å². The molecule has 1 aliphatic rings. The molecule has 0 spiro atoms. The number of benzene rings is 1. The molecule has 1 aromatic carbocycles. The number of aryl methyl sites for hydroxylation is 1. The van der Waals surface area contributed by atoms with Gasteiger partial charge in [-0.15, -0.1) is 0 Å². The van der Waals surface area contributed by atoms with Crippen LogP contribution in [0.2, 0.25) is 0 Å². The van der Waals surface area contributed by atoms with Crippen molar-refractivity contribution in [3.05, 3.63) is 47.2 Å². The quantitative estimate of drug-likeness (QED) is 0.811. The first kappa shape index (κ1) is 17.3. The first-order chi connectivity index (χ1) is 11.2. The summed E-state index contributed by atoms with van der Waals surface area (Å²) < 4.78 is 5.41. The zero-order chi connectivity index (χ0) is 16.5. The molecule has 2 rings (SSSR count). The van der Waals surface area contributed by atoms with E-state index < -0.39 is 6.04 Å². The first-order valence-corrected chi connectivity index (χ1v) is 8.32. The molecule has 0 unspecified atom stereocenters. The summed E-state index contributed by atoms with van der Waals surface area (Å²) in [5.41, 5.74) is 2.89. The molecule has 4 heteroatoms. The van der Waals surface area contributed by atoms with E-state index in [1.165, 1.54) is 11.8 Å². The molecule has 23 heavy (non-hydrogen) atoms. The Labute approximate surface area is 137 Å². The maximum atomic E-state index is 12.1. The Hall–Kier alpha value is -2.10. The molecule has 0 saturated carbocycles. The Kier molecular flexibility index (Phi) is 6.85. The summed E-state index contributed by atoms with van der Waals surface area (Å²) in [6, 6.07) is 7.66. The van der Waals surface area contributed by atoms with Gasteiger partial charge in [0.2, 0.25) is 0 Å². The van der Waals surface area contributed by atoms with Crippen LogP contribution in [0.1, 0.15) is 43.7 Å². The van der Waals surface area contributed by atoms with E-state index in [2.05, 4.69) is 11.4 Å². The van der Waals surface area contributed by atoms with Crippen molar-refractivity contribution in [2.45, 2.75) is 51.5 Å². The van der Waals surface area contributed by atoms with E-state index in [4.69, 9.17) is 4.74 Å². The molecule has 0 fully saturated rings. The van der Waals surface area contributed by atoms with Gasteiger partial charge in [-0.3, -0.25) is 4.79 Å². The molecular formula is C19H25NO3. The average Bonchev–Trinajstić information content (AvgIpc) is 2.57. The first-order valence-electron chi connectivity index (χ1n) is 8.32. The van der Waals surface area contributed by atoms with Gasteiger partial charge in [0.05, 0.1) is 18.9 Å². The summed E-state index contributed by atoms with van der Waals surface area (Å²) in [7, 11) is 0. The molecule has 1 amide bonds. The Morgan fingerprint density at radius 2 is 1.87 bits per heavy atom. The van der Waals surface area contributed by atoms with Crippen molar-refractivity contribution in [2.24, 2.45) is 0 Å². The van der Waals surface area contributed by atoms with Crippen LogP contribution in [-0.4, -0.2) is 24.8 Å². The van der Waals surface area contributed by atoms with Crippen molar-refractivity contribution in [1.82, 2.24) is 5.32 Å². The maximum absolute atomic E-state index is 12.1. The third kappa shape index (κ3) is 5.55. The Morgan fingerprint density at radius 1 is 1.13 bits per heavy atom. The predicted octanol–water partition coefficient (Wildman–Crippen LogP) is 2.95. The van der Waals surface area contributed by atoms with E-state index in [9.17, 15) is 9.59 Å². The summed E-state index contributed by atoms with van der Waals surface area (Å²) >= 11 is 0. The second-order valence-corrected chi connectivity index (χ2v) is 6.02. The number of rotatable bonds is 1. The summed E-state index contributed by atoms with van der Waals surface area (Å²) in [5, 5.41) is 2.77. The summed E-state index contributed by atoms with van der Waals surface area (Å²) in [4.78, 5) is 23.5. The second kappa shape index (κ2) is 9.13. The lowest BCUT2D eigenvalue weighted by Gasteiger charge is -2.15. The third-order valence-electron chi connectivity index (χ3n) is 4.12. The lowest BCUT2D eigenvalue weighted by atomic mass is 9.96. The highest BCUT2D eigenvalue weighted by molar-refractivity contribution is 5.94. The largest absolute Gasteiger partial charge is 0.501 e. The Bertz CT molecular complexity index is 565. The number of hydrogen-bond acceptors (Lipinski definition) is 3. The predicted molar refractivity (Wildman–Crippen MR) is 90.0 cm³/mol. The fourth-order valence-electron chi connectivity index (χ4n) is 2.74. The highest BCUT2D eigenvalue weighted by atomic mass is 16.5. The van der Waals surface area contributed by atoms with Gasteiger partial charge in [-0.2, -0.15) is 0 Å².